The molecule has 0 aromatic heterocycles. The van der Waals surface area contributed by atoms with Gasteiger partial charge in [0.05, 0.1) is 0 Å². The number of benzene rings is 2. The molecule has 0 atom stereocenters. The summed E-state index contributed by atoms with van der Waals surface area (Å²) in [6.07, 6.45) is 0.771. The zero-order valence-electron chi connectivity index (χ0n) is 16.9. The van der Waals surface area contributed by atoms with Crippen LogP contribution in [-0.4, -0.2) is 54.4 Å². The largest absolute Gasteiger partial charge is 0.483 e. The zero-order chi connectivity index (χ0) is 20.1. The number of aryl methyl sites for hydroxylation is 2. The van der Waals surface area contributed by atoms with E-state index in [2.05, 4.69) is 0 Å². The molecule has 3 rings (SSSR count). The summed E-state index contributed by atoms with van der Waals surface area (Å²) < 4.78 is 5.76. The fraction of sp³-hybridized carbons (Fsp3) is 0.391. The molecule has 1 aliphatic heterocycles. The van der Waals surface area contributed by atoms with Crippen LogP contribution >= 0.6 is 0 Å². The van der Waals surface area contributed by atoms with Gasteiger partial charge in [0.15, 0.2) is 6.61 Å². The van der Waals surface area contributed by atoms with E-state index in [1.165, 1.54) is 0 Å². The molecular formula is C23H28N2O3. The number of carbonyl (C=O) groups excluding carboxylic acids is 2. The highest BCUT2D eigenvalue weighted by molar-refractivity contribution is 5.94. The molecule has 28 heavy (non-hydrogen) atoms. The van der Waals surface area contributed by atoms with Crippen LogP contribution in [0.5, 0.6) is 5.75 Å². The summed E-state index contributed by atoms with van der Waals surface area (Å²) in [5, 5.41) is 0. The fourth-order valence-corrected chi connectivity index (χ4v) is 3.44. The Morgan fingerprint density at radius 1 is 0.929 bits per heavy atom. The summed E-state index contributed by atoms with van der Waals surface area (Å²) in [4.78, 5) is 29.0. The number of rotatable bonds is 4. The van der Waals surface area contributed by atoms with E-state index in [1.807, 2.05) is 68.1 Å². The molecule has 0 unspecified atom stereocenters. The first kappa shape index (κ1) is 19.9. The molecule has 0 bridgehead atoms. The van der Waals surface area contributed by atoms with Gasteiger partial charge < -0.3 is 14.5 Å². The quantitative estimate of drug-likeness (QED) is 0.817. The second kappa shape index (κ2) is 8.91. The Kier molecular flexibility index (Phi) is 6.34. The molecule has 0 aliphatic carbocycles. The lowest BCUT2D eigenvalue weighted by Gasteiger charge is -2.22. The number of amides is 2. The summed E-state index contributed by atoms with van der Waals surface area (Å²) in [5.74, 6) is 0.745. The van der Waals surface area contributed by atoms with Crippen LogP contribution in [0.1, 0.15) is 33.5 Å². The third-order valence-corrected chi connectivity index (χ3v) is 5.31. The zero-order valence-corrected chi connectivity index (χ0v) is 16.9. The van der Waals surface area contributed by atoms with E-state index in [-0.39, 0.29) is 18.4 Å². The van der Waals surface area contributed by atoms with Crippen molar-refractivity contribution < 1.29 is 14.3 Å². The average Bonchev–Trinajstić information content (AvgIpc) is 2.94. The molecule has 0 N–H and O–H groups in total. The summed E-state index contributed by atoms with van der Waals surface area (Å²) in [6, 6.07) is 13.5. The van der Waals surface area contributed by atoms with Gasteiger partial charge in [0.1, 0.15) is 5.75 Å². The lowest BCUT2D eigenvalue weighted by molar-refractivity contribution is -0.133. The minimum absolute atomic E-state index is 0.0239. The van der Waals surface area contributed by atoms with E-state index in [0.29, 0.717) is 31.7 Å². The first-order chi connectivity index (χ1) is 13.5. The Balaban J connectivity index is 1.56. The molecule has 2 aromatic rings. The molecule has 0 spiro atoms. The molecule has 0 saturated carbocycles. The Labute approximate surface area is 166 Å². The summed E-state index contributed by atoms with van der Waals surface area (Å²) in [5.41, 5.74) is 3.98. The van der Waals surface area contributed by atoms with Crippen molar-refractivity contribution in [3.05, 3.63) is 64.7 Å². The molecule has 2 amide bonds. The van der Waals surface area contributed by atoms with Crippen molar-refractivity contribution in [1.29, 1.82) is 0 Å². The van der Waals surface area contributed by atoms with E-state index in [9.17, 15) is 9.59 Å². The lowest BCUT2D eigenvalue weighted by Crippen LogP contribution is -2.39. The van der Waals surface area contributed by atoms with Gasteiger partial charge in [-0.3, -0.25) is 9.59 Å². The Hall–Kier alpha value is -2.82. The third kappa shape index (κ3) is 4.71. The van der Waals surface area contributed by atoms with Crippen molar-refractivity contribution in [3.63, 3.8) is 0 Å². The van der Waals surface area contributed by atoms with Crippen molar-refractivity contribution in [2.75, 3.05) is 32.8 Å². The minimum Gasteiger partial charge on any atom is -0.483 e. The normalized spacial score (nSPS) is 14.5. The molecule has 148 valence electrons. The number of nitrogens with zero attached hydrogens (tertiary/aromatic N) is 2. The number of hydrogen-bond donors (Lipinski definition) is 0. The summed E-state index contributed by atoms with van der Waals surface area (Å²) in [7, 11) is 0. The van der Waals surface area contributed by atoms with Crippen molar-refractivity contribution in [2.24, 2.45) is 0 Å². The first-order valence-electron chi connectivity index (χ1n) is 9.78. The van der Waals surface area contributed by atoms with E-state index in [1.54, 1.807) is 4.90 Å². The van der Waals surface area contributed by atoms with Crippen LogP contribution in [0.4, 0.5) is 0 Å². The third-order valence-electron chi connectivity index (χ3n) is 5.31. The topological polar surface area (TPSA) is 49.9 Å². The van der Waals surface area contributed by atoms with E-state index < -0.39 is 0 Å². The highest BCUT2D eigenvalue weighted by atomic mass is 16.5. The number of ether oxygens (including phenoxy) is 1. The maximum atomic E-state index is 12.8. The average molecular weight is 380 g/mol. The molecule has 1 saturated heterocycles. The van der Waals surface area contributed by atoms with Crippen LogP contribution in [0.2, 0.25) is 0 Å². The predicted molar refractivity (Wildman–Crippen MR) is 110 cm³/mol. The van der Waals surface area contributed by atoms with Crippen molar-refractivity contribution in [2.45, 2.75) is 27.2 Å². The molecule has 5 nitrogen and oxygen atoms in total. The van der Waals surface area contributed by atoms with Crippen molar-refractivity contribution >= 4 is 11.8 Å². The van der Waals surface area contributed by atoms with Crippen LogP contribution in [0.15, 0.2) is 42.5 Å². The molecule has 1 aliphatic rings. The standard InChI is InChI=1S/C23H28N2O3/c1-17-7-4-9-20(15-17)23(27)25-12-6-11-24(13-14-25)22(26)16-28-21-10-5-8-18(2)19(21)3/h4-5,7-10,15H,6,11-14,16H2,1-3H3. The van der Waals surface area contributed by atoms with Crippen LogP contribution in [0, 0.1) is 20.8 Å². The predicted octanol–water partition coefficient (Wildman–Crippen LogP) is 3.37. The van der Waals surface area contributed by atoms with Gasteiger partial charge in [0.25, 0.3) is 11.8 Å². The maximum Gasteiger partial charge on any atom is 0.260 e. The van der Waals surface area contributed by atoms with E-state index in [0.717, 1.165) is 28.9 Å². The number of hydrogen-bond acceptors (Lipinski definition) is 3. The van der Waals surface area contributed by atoms with Gasteiger partial charge in [0, 0.05) is 31.7 Å². The van der Waals surface area contributed by atoms with Gasteiger partial charge in [0.2, 0.25) is 0 Å². The summed E-state index contributed by atoms with van der Waals surface area (Å²) in [6.45, 7) is 8.41. The maximum absolute atomic E-state index is 12.8. The lowest BCUT2D eigenvalue weighted by atomic mass is 10.1. The molecule has 1 heterocycles. The van der Waals surface area contributed by atoms with Gasteiger partial charge in [-0.25, -0.2) is 0 Å². The van der Waals surface area contributed by atoms with Crippen LogP contribution in [-0.2, 0) is 4.79 Å². The van der Waals surface area contributed by atoms with Gasteiger partial charge in [-0.15, -0.1) is 0 Å². The van der Waals surface area contributed by atoms with E-state index >= 15 is 0 Å². The van der Waals surface area contributed by atoms with Crippen LogP contribution in [0.25, 0.3) is 0 Å². The molecule has 0 radical (unpaired) electrons. The van der Waals surface area contributed by atoms with Crippen molar-refractivity contribution in [1.82, 2.24) is 9.80 Å². The van der Waals surface area contributed by atoms with Gasteiger partial charge in [-0.05, 0) is 56.5 Å². The van der Waals surface area contributed by atoms with Gasteiger partial charge in [-0.2, -0.15) is 0 Å². The Morgan fingerprint density at radius 3 is 2.43 bits per heavy atom. The number of carbonyl (C=O) groups is 2. The Bertz CT molecular complexity index is 863. The van der Waals surface area contributed by atoms with Crippen LogP contribution < -0.4 is 4.74 Å². The molecule has 5 heteroatoms. The highest BCUT2D eigenvalue weighted by Crippen LogP contribution is 2.20. The van der Waals surface area contributed by atoms with E-state index in [4.69, 9.17) is 4.74 Å². The second-order valence-electron chi connectivity index (χ2n) is 7.38. The molecule has 2 aromatic carbocycles. The second-order valence-corrected chi connectivity index (χ2v) is 7.38. The first-order valence-corrected chi connectivity index (χ1v) is 9.78. The monoisotopic (exact) mass is 380 g/mol. The minimum atomic E-state index is -0.0363. The molecule has 1 fully saturated rings. The SMILES string of the molecule is Cc1cccc(C(=O)N2CCCN(C(=O)COc3cccc(C)c3C)CC2)c1. The molecular weight excluding hydrogens is 352 g/mol. The van der Waals surface area contributed by atoms with Crippen LogP contribution in [0.3, 0.4) is 0 Å². The Morgan fingerprint density at radius 2 is 1.64 bits per heavy atom. The van der Waals surface area contributed by atoms with Crippen molar-refractivity contribution in [3.8, 4) is 5.75 Å². The van der Waals surface area contributed by atoms with Gasteiger partial charge >= 0.3 is 0 Å². The summed E-state index contributed by atoms with van der Waals surface area (Å²) >= 11 is 0. The fourth-order valence-electron chi connectivity index (χ4n) is 3.44. The highest BCUT2D eigenvalue weighted by Gasteiger charge is 2.23. The smallest absolute Gasteiger partial charge is 0.260 e. The van der Waals surface area contributed by atoms with Gasteiger partial charge in [-0.1, -0.05) is 29.8 Å².